The maximum Gasteiger partial charge on any atom is 0.299 e. The molecule has 1 aromatic carbocycles. The Morgan fingerprint density at radius 2 is 1.79 bits per heavy atom. The van der Waals surface area contributed by atoms with Crippen molar-refractivity contribution in [1.29, 1.82) is 0 Å². The van der Waals surface area contributed by atoms with Crippen LogP contribution in [0.1, 0.15) is 12.8 Å². The summed E-state index contributed by atoms with van der Waals surface area (Å²) < 4.78 is 0. The van der Waals surface area contributed by atoms with E-state index in [1.54, 1.807) is 0 Å². The van der Waals surface area contributed by atoms with E-state index in [-0.39, 0.29) is 11.4 Å². The molecule has 0 amide bonds. The van der Waals surface area contributed by atoms with Gasteiger partial charge in [0, 0.05) is 38.8 Å². The molecule has 0 aliphatic carbocycles. The van der Waals surface area contributed by atoms with Crippen molar-refractivity contribution >= 4 is 17.1 Å². The lowest BCUT2D eigenvalue weighted by Crippen LogP contribution is -2.44. The molecular weight excluding hydrogens is 314 g/mol. The molecule has 1 aromatic rings. The van der Waals surface area contributed by atoms with E-state index in [0.29, 0.717) is 12.2 Å². The summed E-state index contributed by atoms with van der Waals surface area (Å²) in [6, 6.07) is 3.67. The molecule has 0 bridgehead atoms. The number of hydrogen-bond donors (Lipinski definition) is 1. The summed E-state index contributed by atoms with van der Waals surface area (Å²) in [6.07, 6.45) is 1.90. The standard InChI is InChI=1S/C15H23N5O4/c1-17-8-10-18(11-9-17)7-3-2-6-16-14-5-4-13(19(21)22)12-15(14)20(23)24/h4-5,12,16H,2-3,6-11H2,1H3. The zero-order valence-corrected chi connectivity index (χ0v) is 13.8. The predicted octanol–water partition coefficient (Wildman–Crippen LogP) is 1.94. The van der Waals surface area contributed by atoms with E-state index >= 15 is 0 Å². The fraction of sp³-hybridized carbons (Fsp3) is 0.600. The number of nitro groups is 2. The summed E-state index contributed by atoms with van der Waals surface area (Å²) in [4.78, 5) is 25.3. The van der Waals surface area contributed by atoms with Gasteiger partial charge < -0.3 is 15.1 Å². The number of rotatable bonds is 8. The lowest BCUT2D eigenvalue weighted by atomic mass is 10.2. The molecule has 9 nitrogen and oxygen atoms in total. The van der Waals surface area contributed by atoms with E-state index in [1.165, 1.54) is 12.1 Å². The minimum Gasteiger partial charge on any atom is -0.379 e. The van der Waals surface area contributed by atoms with Gasteiger partial charge in [-0.05, 0) is 32.5 Å². The predicted molar refractivity (Wildman–Crippen MR) is 91.4 cm³/mol. The molecule has 1 aliphatic rings. The molecule has 1 fully saturated rings. The fourth-order valence-electron chi connectivity index (χ4n) is 2.69. The van der Waals surface area contributed by atoms with Crippen LogP contribution >= 0.6 is 0 Å². The van der Waals surface area contributed by atoms with Gasteiger partial charge in [0.1, 0.15) is 5.69 Å². The third-order valence-electron chi connectivity index (χ3n) is 4.20. The highest BCUT2D eigenvalue weighted by Gasteiger charge is 2.19. The second-order valence-electron chi connectivity index (χ2n) is 5.99. The first kappa shape index (κ1) is 18.1. The smallest absolute Gasteiger partial charge is 0.299 e. The van der Waals surface area contributed by atoms with Crippen LogP contribution in [0.15, 0.2) is 18.2 Å². The molecule has 1 saturated heterocycles. The van der Waals surface area contributed by atoms with Crippen molar-refractivity contribution < 1.29 is 9.85 Å². The Labute approximate surface area is 140 Å². The zero-order valence-electron chi connectivity index (χ0n) is 13.8. The zero-order chi connectivity index (χ0) is 17.5. The lowest BCUT2D eigenvalue weighted by Gasteiger charge is -2.32. The highest BCUT2D eigenvalue weighted by atomic mass is 16.6. The number of likely N-dealkylation sites (N-methyl/N-ethyl adjacent to an activating group) is 1. The normalized spacial score (nSPS) is 16.0. The first-order valence-corrected chi connectivity index (χ1v) is 8.05. The minimum atomic E-state index is -0.632. The third-order valence-corrected chi connectivity index (χ3v) is 4.20. The van der Waals surface area contributed by atoms with Crippen molar-refractivity contribution in [3.8, 4) is 0 Å². The summed E-state index contributed by atoms with van der Waals surface area (Å²) >= 11 is 0. The van der Waals surface area contributed by atoms with Crippen LogP contribution in [0.2, 0.25) is 0 Å². The van der Waals surface area contributed by atoms with E-state index in [1.807, 2.05) is 0 Å². The van der Waals surface area contributed by atoms with Crippen LogP contribution in [0.25, 0.3) is 0 Å². The Bertz CT molecular complexity index is 587. The quantitative estimate of drug-likeness (QED) is 0.439. The van der Waals surface area contributed by atoms with Gasteiger partial charge in [0.05, 0.1) is 15.9 Å². The summed E-state index contributed by atoms with van der Waals surface area (Å²) in [5.74, 6) is 0. The summed E-state index contributed by atoms with van der Waals surface area (Å²) in [7, 11) is 2.12. The molecule has 1 aliphatic heterocycles. The average molecular weight is 337 g/mol. The topological polar surface area (TPSA) is 105 Å². The van der Waals surface area contributed by atoms with Gasteiger partial charge >= 0.3 is 0 Å². The second-order valence-corrected chi connectivity index (χ2v) is 5.99. The lowest BCUT2D eigenvalue weighted by molar-refractivity contribution is -0.393. The molecule has 9 heteroatoms. The number of non-ortho nitro benzene ring substituents is 1. The van der Waals surface area contributed by atoms with Crippen LogP contribution in [-0.2, 0) is 0 Å². The third kappa shape index (κ3) is 5.14. The molecule has 24 heavy (non-hydrogen) atoms. The maximum atomic E-state index is 11.1. The molecule has 132 valence electrons. The number of nitrogens with one attached hydrogen (secondary N) is 1. The van der Waals surface area contributed by atoms with Gasteiger partial charge in [-0.15, -0.1) is 0 Å². The largest absolute Gasteiger partial charge is 0.379 e. The van der Waals surface area contributed by atoms with Crippen molar-refractivity contribution in [2.24, 2.45) is 0 Å². The van der Waals surface area contributed by atoms with E-state index in [0.717, 1.165) is 51.6 Å². The number of anilines is 1. The first-order valence-electron chi connectivity index (χ1n) is 8.05. The number of unbranched alkanes of at least 4 members (excludes halogenated alkanes) is 1. The fourth-order valence-corrected chi connectivity index (χ4v) is 2.69. The second kappa shape index (κ2) is 8.55. The number of hydrogen-bond acceptors (Lipinski definition) is 7. The van der Waals surface area contributed by atoms with Gasteiger partial charge in [-0.25, -0.2) is 0 Å². The van der Waals surface area contributed by atoms with Crippen LogP contribution in [0, 0.1) is 20.2 Å². The van der Waals surface area contributed by atoms with Gasteiger partial charge in [0.2, 0.25) is 0 Å². The van der Waals surface area contributed by atoms with Crippen LogP contribution in [0.4, 0.5) is 17.1 Å². The van der Waals surface area contributed by atoms with E-state index in [2.05, 4.69) is 22.2 Å². The van der Waals surface area contributed by atoms with Crippen molar-refractivity contribution in [3.63, 3.8) is 0 Å². The molecule has 1 N–H and O–H groups in total. The monoisotopic (exact) mass is 337 g/mol. The molecule has 0 saturated carbocycles. The molecule has 0 atom stereocenters. The Morgan fingerprint density at radius 3 is 2.42 bits per heavy atom. The first-order chi connectivity index (χ1) is 11.5. The van der Waals surface area contributed by atoms with E-state index < -0.39 is 9.85 Å². The van der Waals surface area contributed by atoms with Crippen molar-refractivity contribution in [3.05, 3.63) is 38.4 Å². The summed E-state index contributed by atoms with van der Waals surface area (Å²) in [5, 5.41) is 24.8. The van der Waals surface area contributed by atoms with Gasteiger partial charge in [-0.3, -0.25) is 20.2 Å². The highest BCUT2D eigenvalue weighted by Crippen LogP contribution is 2.28. The molecule has 0 radical (unpaired) electrons. The Hall–Kier alpha value is -2.26. The van der Waals surface area contributed by atoms with Crippen LogP contribution in [-0.4, -0.2) is 66.0 Å². The summed E-state index contributed by atoms with van der Waals surface area (Å²) in [6.45, 7) is 5.97. The van der Waals surface area contributed by atoms with E-state index in [9.17, 15) is 20.2 Å². The Balaban J connectivity index is 1.77. The van der Waals surface area contributed by atoms with Gasteiger partial charge in [-0.2, -0.15) is 0 Å². The molecule has 0 unspecified atom stereocenters. The van der Waals surface area contributed by atoms with Crippen LogP contribution in [0.3, 0.4) is 0 Å². The van der Waals surface area contributed by atoms with Crippen molar-refractivity contribution in [2.45, 2.75) is 12.8 Å². The number of nitro benzene ring substituents is 2. The Morgan fingerprint density at radius 1 is 1.08 bits per heavy atom. The molecular formula is C15H23N5O4. The molecule has 0 spiro atoms. The van der Waals surface area contributed by atoms with Crippen molar-refractivity contribution in [2.75, 3.05) is 51.6 Å². The van der Waals surface area contributed by atoms with Crippen LogP contribution in [0.5, 0.6) is 0 Å². The van der Waals surface area contributed by atoms with Gasteiger partial charge in [-0.1, -0.05) is 0 Å². The van der Waals surface area contributed by atoms with E-state index in [4.69, 9.17) is 0 Å². The minimum absolute atomic E-state index is 0.261. The highest BCUT2D eigenvalue weighted by molar-refractivity contribution is 5.65. The molecule has 1 heterocycles. The molecule has 0 aromatic heterocycles. The number of benzene rings is 1. The average Bonchev–Trinajstić information content (AvgIpc) is 2.56. The van der Waals surface area contributed by atoms with Gasteiger partial charge in [0.25, 0.3) is 11.4 Å². The Kier molecular flexibility index (Phi) is 6.44. The summed E-state index contributed by atoms with van der Waals surface area (Å²) in [5.41, 5.74) is -0.212. The van der Waals surface area contributed by atoms with Crippen molar-refractivity contribution in [1.82, 2.24) is 9.80 Å². The van der Waals surface area contributed by atoms with Crippen LogP contribution < -0.4 is 5.32 Å². The molecule has 2 rings (SSSR count). The number of nitrogens with zero attached hydrogens (tertiary/aromatic N) is 4. The maximum absolute atomic E-state index is 11.1. The van der Waals surface area contributed by atoms with Gasteiger partial charge in [0.15, 0.2) is 0 Å². The SMILES string of the molecule is CN1CCN(CCCCNc2ccc([N+](=O)[O-])cc2[N+](=O)[O-])CC1. The number of piperazine rings is 1.